The van der Waals surface area contributed by atoms with E-state index in [0.29, 0.717) is 0 Å². The molecule has 0 aromatic heterocycles. The molecule has 0 spiro atoms. The minimum atomic E-state index is 0.726. The summed E-state index contributed by atoms with van der Waals surface area (Å²) >= 11 is 0. The SMILES string of the molecule is CC1CN(CC2NCC3CCCC32)CCN1C. The second-order valence-corrected chi connectivity index (χ2v) is 6.46. The van der Waals surface area contributed by atoms with Gasteiger partial charge in [-0.3, -0.25) is 4.90 Å². The molecule has 3 heteroatoms. The van der Waals surface area contributed by atoms with Crippen molar-refractivity contribution >= 4 is 0 Å². The van der Waals surface area contributed by atoms with Crippen LogP contribution in [0.4, 0.5) is 0 Å². The molecule has 4 unspecified atom stereocenters. The van der Waals surface area contributed by atoms with Crippen LogP contribution < -0.4 is 5.32 Å². The fourth-order valence-electron chi connectivity index (χ4n) is 4.07. The first-order chi connectivity index (χ1) is 8.24. The molecule has 2 saturated heterocycles. The molecule has 0 aromatic carbocycles. The number of nitrogens with zero attached hydrogens (tertiary/aromatic N) is 2. The van der Waals surface area contributed by atoms with Crippen LogP contribution >= 0.6 is 0 Å². The van der Waals surface area contributed by atoms with E-state index in [2.05, 4.69) is 29.1 Å². The van der Waals surface area contributed by atoms with Gasteiger partial charge < -0.3 is 10.2 Å². The largest absolute Gasteiger partial charge is 0.312 e. The van der Waals surface area contributed by atoms with Crippen LogP contribution in [0.25, 0.3) is 0 Å². The molecule has 3 rings (SSSR count). The lowest BCUT2D eigenvalue weighted by molar-refractivity contribution is 0.0937. The van der Waals surface area contributed by atoms with E-state index in [4.69, 9.17) is 0 Å². The number of likely N-dealkylation sites (N-methyl/N-ethyl adjacent to an activating group) is 1. The topological polar surface area (TPSA) is 18.5 Å². The zero-order valence-electron chi connectivity index (χ0n) is 11.4. The first-order valence-electron chi connectivity index (χ1n) is 7.40. The minimum absolute atomic E-state index is 0.726. The molecule has 0 amide bonds. The molecule has 4 atom stereocenters. The Morgan fingerprint density at radius 3 is 2.94 bits per heavy atom. The molecule has 98 valence electrons. The molecule has 2 aliphatic heterocycles. The summed E-state index contributed by atoms with van der Waals surface area (Å²) in [7, 11) is 2.25. The smallest absolute Gasteiger partial charge is 0.0226 e. The second kappa shape index (κ2) is 4.87. The quantitative estimate of drug-likeness (QED) is 0.773. The van der Waals surface area contributed by atoms with Gasteiger partial charge in [0.25, 0.3) is 0 Å². The molecule has 3 nitrogen and oxygen atoms in total. The van der Waals surface area contributed by atoms with Crippen LogP contribution in [-0.4, -0.2) is 61.7 Å². The lowest BCUT2D eigenvalue weighted by Crippen LogP contribution is -2.53. The molecule has 0 bridgehead atoms. The zero-order valence-corrected chi connectivity index (χ0v) is 11.4. The van der Waals surface area contributed by atoms with Gasteiger partial charge in [-0.2, -0.15) is 0 Å². The number of fused-ring (bicyclic) bond motifs is 1. The third-order valence-electron chi connectivity index (χ3n) is 5.38. The van der Waals surface area contributed by atoms with Crippen LogP contribution in [0.15, 0.2) is 0 Å². The lowest BCUT2D eigenvalue weighted by atomic mass is 9.93. The van der Waals surface area contributed by atoms with Crippen molar-refractivity contribution in [1.82, 2.24) is 15.1 Å². The molecule has 17 heavy (non-hydrogen) atoms. The van der Waals surface area contributed by atoms with Crippen LogP contribution in [0.5, 0.6) is 0 Å². The molecule has 1 N–H and O–H groups in total. The fourth-order valence-corrected chi connectivity index (χ4v) is 4.07. The summed E-state index contributed by atoms with van der Waals surface area (Å²) in [6.07, 6.45) is 4.44. The third kappa shape index (κ3) is 2.38. The van der Waals surface area contributed by atoms with Crippen LogP contribution in [0.1, 0.15) is 26.2 Å². The maximum atomic E-state index is 3.78. The van der Waals surface area contributed by atoms with Gasteiger partial charge in [-0.1, -0.05) is 6.42 Å². The lowest BCUT2D eigenvalue weighted by Gasteiger charge is -2.39. The zero-order chi connectivity index (χ0) is 11.8. The molecule has 1 aliphatic carbocycles. The summed E-state index contributed by atoms with van der Waals surface area (Å²) in [5.41, 5.74) is 0. The van der Waals surface area contributed by atoms with Crippen LogP contribution in [0.3, 0.4) is 0 Å². The van der Waals surface area contributed by atoms with Crippen molar-refractivity contribution in [2.45, 2.75) is 38.3 Å². The highest BCUT2D eigenvalue weighted by Crippen LogP contribution is 2.37. The first kappa shape index (κ1) is 11.9. The van der Waals surface area contributed by atoms with Gasteiger partial charge in [0.05, 0.1) is 0 Å². The summed E-state index contributed by atoms with van der Waals surface area (Å²) in [5.74, 6) is 2.00. The van der Waals surface area contributed by atoms with E-state index < -0.39 is 0 Å². The van der Waals surface area contributed by atoms with Crippen molar-refractivity contribution in [2.24, 2.45) is 11.8 Å². The number of piperazine rings is 1. The molecule has 2 heterocycles. The molecule has 1 saturated carbocycles. The van der Waals surface area contributed by atoms with Gasteiger partial charge in [0.15, 0.2) is 0 Å². The number of nitrogens with one attached hydrogen (secondary N) is 1. The van der Waals surface area contributed by atoms with E-state index in [1.807, 2.05) is 0 Å². The van der Waals surface area contributed by atoms with Gasteiger partial charge in [-0.05, 0) is 45.2 Å². The van der Waals surface area contributed by atoms with Crippen LogP contribution in [0, 0.1) is 11.8 Å². The first-order valence-corrected chi connectivity index (χ1v) is 7.40. The number of hydrogen-bond donors (Lipinski definition) is 1. The molecule has 0 radical (unpaired) electrons. The highest BCUT2D eigenvalue weighted by molar-refractivity contribution is 4.96. The van der Waals surface area contributed by atoms with Gasteiger partial charge in [0.1, 0.15) is 0 Å². The molecule has 3 fully saturated rings. The maximum absolute atomic E-state index is 3.78. The van der Waals surface area contributed by atoms with Crippen molar-refractivity contribution in [1.29, 1.82) is 0 Å². The molecular weight excluding hydrogens is 210 g/mol. The summed E-state index contributed by atoms with van der Waals surface area (Å²) in [6, 6.07) is 1.52. The van der Waals surface area contributed by atoms with Crippen LogP contribution in [0.2, 0.25) is 0 Å². The fraction of sp³-hybridized carbons (Fsp3) is 1.00. The maximum Gasteiger partial charge on any atom is 0.0226 e. The summed E-state index contributed by atoms with van der Waals surface area (Å²) in [6.45, 7) is 8.69. The Morgan fingerprint density at radius 2 is 2.12 bits per heavy atom. The third-order valence-corrected chi connectivity index (χ3v) is 5.38. The average molecular weight is 237 g/mol. The van der Waals surface area contributed by atoms with Crippen LogP contribution in [-0.2, 0) is 0 Å². The van der Waals surface area contributed by atoms with E-state index in [-0.39, 0.29) is 0 Å². The van der Waals surface area contributed by atoms with E-state index in [1.165, 1.54) is 52.0 Å². The molecule has 0 aromatic rings. The van der Waals surface area contributed by atoms with E-state index in [0.717, 1.165) is 23.9 Å². The van der Waals surface area contributed by atoms with Crippen molar-refractivity contribution in [2.75, 3.05) is 39.8 Å². The van der Waals surface area contributed by atoms with Gasteiger partial charge >= 0.3 is 0 Å². The monoisotopic (exact) mass is 237 g/mol. The second-order valence-electron chi connectivity index (χ2n) is 6.46. The van der Waals surface area contributed by atoms with E-state index >= 15 is 0 Å². The molecular formula is C14H27N3. The Bertz CT molecular complexity index is 268. The van der Waals surface area contributed by atoms with Gasteiger partial charge in [0.2, 0.25) is 0 Å². The van der Waals surface area contributed by atoms with E-state index in [1.54, 1.807) is 0 Å². The Kier molecular flexibility index (Phi) is 3.42. The van der Waals surface area contributed by atoms with Crippen molar-refractivity contribution in [3.63, 3.8) is 0 Å². The number of hydrogen-bond acceptors (Lipinski definition) is 3. The van der Waals surface area contributed by atoms with E-state index in [9.17, 15) is 0 Å². The Hall–Kier alpha value is -0.120. The Balaban J connectivity index is 1.53. The molecule has 3 aliphatic rings. The highest BCUT2D eigenvalue weighted by Gasteiger charge is 2.39. The Morgan fingerprint density at radius 1 is 1.24 bits per heavy atom. The summed E-state index contributed by atoms with van der Waals surface area (Å²) in [5, 5.41) is 3.78. The van der Waals surface area contributed by atoms with Gasteiger partial charge in [-0.25, -0.2) is 0 Å². The van der Waals surface area contributed by atoms with Gasteiger partial charge in [-0.15, -0.1) is 0 Å². The Labute approximate surface area is 106 Å². The average Bonchev–Trinajstić information content (AvgIpc) is 2.88. The number of rotatable bonds is 2. The predicted octanol–water partition coefficient (Wildman–Crippen LogP) is 1.01. The highest BCUT2D eigenvalue weighted by atomic mass is 15.3. The normalized spacial score (nSPS) is 44.1. The van der Waals surface area contributed by atoms with Crippen molar-refractivity contribution in [3.8, 4) is 0 Å². The standard InChI is InChI=1S/C14H27N3/c1-11-9-17(7-6-16(11)2)10-14-13-5-3-4-12(13)8-15-14/h11-15H,3-10H2,1-2H3. The van der Waals surface area contributed by atoms with Gasteiger partial charge in [0, 0.05) is 38.3 Å². The van der Waals surface area contributed by atoms with Crippen molar-refractivity contribution < 1.29 is 0 Å². The minimum Gasteiger partial charge on any atom is -0.312 e. The predicted molar refractivity (Wildman–Crippen MR) is 71.2 cm³/mol. The van der Waals surface area contributed by atoms with Crippen molar-refractivity contribution in [3.05, 3.63) is 0 Å². The summed E-state index contributed by atoms with van der Waals surface area (Å²) in [4.78, 5) is 5.17. The summed E-state index contributed by atoms with van der Waals surface area (Å²) < 4.78 is 0.